The first-order valence-electron chi connectivity index (χ1n) is 4.24. The molecular formula is C10H13BrFNO. The molecule has 0 aliphatic heterocycles. The van der Waals surface area contributed by atoms with Gasteiger partial charge in [0.1, 0.15) is 5.82 Å². The van der Waals surface area contributed by atoms with Crippen molar-refractivity contribution < 1.29 is 9.23 Å². The quantitative estimate of drug-likeness (QED) is 0.850. The van der Waals surface area contributed by atoms with Crippen molar-refractivity contribution in [2.24, 2.45) is 5.90 Å². The summed E-state index contributed by atoms with van der Waals surface area (Å²) in [5.74, 6) is 4.78. The Bertz CT molecular complexity index is 328. The molecule has 78 valence electrons. The predicted molar refractivity (Wildman–Crippen MR) is 57.3 cm³/mol. The second kappa shape index (κ2) is 4.38. The Morgan fingerprint density at radius 2 is 2.14 bits per heavy atom. The Balaban J connectivity index is 3.06. The van der Waals surface area contributed by atoms with Crippen molar-refractivity contribution >= 4 is 15.9 Å². The Kier molecular flexibility index (Phi) is 3.64. The summed E-state index contributed by atoms with van der Waals surface area (Å²) in [6, 6.07) is 4.60. The van der Waals surface area contributed by atoms with E-state index < -0.39 is 0 Å². The van der Waals surface area contributed by atoms with Gasteiger partial charge < -0.3 is 4.84 Å². The highest BCUT2D eigenvalue weighted by Crippen LogP contribution is 2.30. The molecule has 1 aromatic rings. The fourth-order valence-electron chi connectivity index (χ4n) is 1.32. The summed E-state index contributed by atoms with van der Waals surface area (Å²) in [6.45, 7) is 4.35. The van der Waals surface area contributed by atoms with E-state index in [1.807, 2.05) is 13.8 Å². The molecule has 0 spiro atoms. The fourth-order valence-corrected chi connectivity index (χ4v) is 2.21. The van der Waals surface area contributed by atoms with Crippen molar-refractivity contribution in [3.05, 3.63) is 34.1 Å². The molecule has 2 N–H and O–H groups in total. The highest BCUT2D eigenvalue weighted by molar-refractivity contribution is 9.10. The average molecular weight is 262 g/mol. The number of benzene rings is 1. The summed E-state index contributed by atoms with van der Waals surface area (Å²) in [7, 11) is 0. The number of halogens is 2. The minimum absolute atomic E-state index is 0.235. The average Bonchev–Trinajstić information content (AvgIpc) is 2.02. The monoisotopic (exact) mass is 261 g/mol. The van der Waals surface area contributed by atoms with Crippen LogP contribution in [0.1, 0.15) is 19.4 Å². The second-order valence-corrected chi connectivity index (χ2v) is 4.67. The maximum atomic E-state index is 12.8. The van der Waals surface area contributed by atoms with Gasteiger partial charge in [0.05, 0.1) is 6.61 Å². The van der Waals surface area contributed by atoms with Gasteiger partial charge in [-0.25, -0.2) is 10.3 Å². The maximum absolute atomic E-state index is 12.8. The third kappa shape index (κ3) is 2.53. The second-order valence-electron chi connectivity index (χ2n) is 3.82. The van der Waals surface area contributed by atoms with Crippen LogP contribution in [0.4, 0.5) is 4.39 Å². The zero-order valence-corrected chi connectivity index (χ0v) is 9.77. The first-order chi connectivity index (χ1) is 6.47. The van der Waals surface area contributed by atoms with Crippen LogP contribution in [0, 0.1) is 5.82 Å². The molecule has 14 heavy (non-hydrogen) atoms. The van der Waals surface area contributed by atoms with Crippen LogP contribution in [0.3, 0.4) is 0 Å². The van der Waals surface area contributed by atoms with Gasteiger partial charge >= 0.3 is 0 Å². The molecule has 0 heterocycles. The lowest BCUT2D eigenvalue weighted by Crippen LogP contribution is -2.26. The molecule has 2 nitrogen and oxygen atoms in total. The van der Waals surface area contributed by atoms with Crippen LogP contribution in [0.2, 0.25) is 0 Å². The number of rotatable bonds is 3. The molecule has 0 fully saturated rings. The molecule has 0 aromatic heterocycles. The molecule has 0 aliphatic carbocycles. The van der Waals surface area contributed by atoms with Crippen LogP contribution in [0.5, 0.6) is 0 Å². The predicted octanol–water partition coefficient (Wildman–Crippen LogP) is 2.76. The molecule has 1 rings (SSSR count). The van der Waals surface area contributed by atoms with Gasteiger partial charge in [0.25, 0.3) is 0 Å². The van der Waals surface area contributed by atoms with Gasteiger partial charge in [0, 0.05) is 9.89 Å². The van der Waals surface area contributed by atoms with Crippen molar-refractivity contribution in [1.82, 2.24) is 0 Å². The van der Waals surface area contributed by atoms with E-state index >= 15 is 0 Å². The van der Waals surface area contributed by atoms with Gasteiger partial charge in [-0.2, -0.15) is 0 Å². The van der Waals surface area contributed by atoms with Gasteiger partial charge in [0.15, 0.2) is 0 Å². The molecule has 4 heteroatoms. The lowest BCUT2D eigenvalue weighted by Gasteiger charge is -2.24. The lowest BCUT2D eigenvalue weighted by atomic mass is 9.86. The highest BCUT2D eigenvalue weighted by Gasteiger charge is 2.23. The molecule has 0 bridgehead atoms. The van der Waals surface area contributed by atoms with Gasteiger partial charge in [-0.05, 0) is 17.7 Å². The number of hydrogen-bond acceptors (Lipinski definition) is 2. The number of nitrogens with two attached hydrogens (primary N) is 1. The topological polar surface area (TPSA) is 35.2 Å². The smallest absolute Gasteiger partial charge is 0.124 e. The van der Waals surface area contributed by atoms with Crippen LogP contribution >= 0.6 is 15.9 Å². The van der Waals surface area contributed by atoms with Crippen molar-refractivity contribution in [2.75, 3.05) is 6.61 Å². The molecule has 0 aliphatic rings. The van der Waals surface area contributed by atoms with E-state index in [0.29, 0.717) is 6.61 Å². The molecule has 0 unspecified atom stereocenters. The summed E-state index contributed by atoms with van der Waals surface area (Å²) in [5, 5.41) is 0. The normalized spacial score (nSPS) is 11.8. The Labute approximate surface area is 91.3 Å². The zero-order valence-electron chi connectivity index (χ0n) is 8.18. The summed E-state index contributed by atoms with van der Waals surface area (Å²) >= 11 is 3.32. The van der Waals surface area contributed by atoms with E-state index in [-0.39, 0.29) is 11.2 Å². The van der Waals surface area contributed by atoms with E-state index in [1.165, 1.54) is 12.1 Å². The summed E-state index contributed by atoms with van der Waals surface area (Å²) in [4.78, 5) is 4.63. The summed E-state index contributed by atoms with van der Waals surface area (Å²) in [6.07, 6.45) is 0. The maximum Gasteiger partial charge on any atom is 0.124 e. The Hall–Kier alpha value is -0.450. The van der Waals surface area contributed by atoms with E-state index in [0.717, 1.165) is 10.0 Å². The van der Waals surface area contributed by atoms with Crippen molar-refractivity contribution in [3.8, 4) is 0 Å². The number of hydrogen-bond donors (Lipinski definition) is 1. The standard InChI is InChI=1S/C10H13BrFNO/c1-10(2,6-14-13)8-4-3-7(12)5-9(8)11/h3-5H,6,13H2,1-2H3. The van der Waals surface area contributed by atoms with Crippen LogP contribution in [0.15, 0.2) is 22.7 Å². The third-order valence-electron chi connectivity index (χ3n) is 2.10. The first kappa shape index (κ1) is 11.6. The van der Waals surface area contributed by atoms with Gasteiger partial charge in [-0.1, -0.05) is 35.8 Å². The Morgan fingerprint density at radius 3 is 2.64 bits per heavy atom. The highest BCUT2D eigenvalue weighted by atomic mass is 79.9. The Morgan fingerprint density at radius 1 is 1.50 bits per heavy atom. The molecular weight excluding hydrogens is 249 g/mol. The molecule has 0 radical (unpaired) electrons. The largest absolute Gasteiger partial charge is 0.304 e. The SMILES string of the molecule is CC(C)(CON)c1ccc(F)cc1Br. The van der Waals surface area contributed by atoms with Gasteiger partial charge in [0.2, 0.25) is 0 Å². The third-order valence-corrected chi connectivity index (χ3v) is 2.76. The molecule has 1 aromatic carbocycles. The first-order valence-corrected chi connectivity index (χ1v) is 5.04. The van der Waals surface area contributed by atoms with Crippen molar-refractivity contribution in [1.29, 1.82) is 0 Å². The lowest BCUT2D eigenvalue weighted by molar-refractivity contribution is 0.0961. The van der Waals surface area contributed by atoms with Crippen LogP contribution in [-0.2, 0) is 10.3 Å². The van der Waals surface area contributed by atoms with Crippen LogP contribution < -0.4 is 5.90 Å². The molecule has 0 amide bonds. The molecule has 0 saturated heterocycles. The summed E-state index contributed by atoms with van der Waals surface area (Å²) in [5.41, 5.74) is 0.741. The minimum Gasteiger partial charge on any atom is -0.304 e. The van der Waals surface area contributed by atoms with Crippen molar-refractivity contribution in [3.63, 3.8) is 0 Å². The summed E-state index contributed by atoms with van der Waals surface area (Å²) < 4.78 is 13.6. The minimum atomic E-state index is -0.259. The van der Waals surface area contributed by atoms with Gasteiger partial charge in [-0.3, -0.25) is 0 Å². The van der Waals surface area contributed by atoms with Crippen LogP contribution in [0.25, 0.3) is 0 Å². The fraction of sp³-hybridized carbons (Fsp3) is 0.400. The molecule has 0 saturated carbocycles. The van der Waals surface area contributed by atoms with Crippen molar-refractivity contribution in [2.45, 2.75) is 19.3 Å². The molecule has 0 atom stereocenters. The van der Waals surface area contributed by atoms with E-state index in [2.05, 4.69) is 20.8 Å². The van der Waals surface area contributed by atoms with Gasteiger partial charge in [-0.15, -0.1) is 0 Å². The zero-order chi connectivity index (χ0) is 10.8. The van der Waals surface area contributed by atoms with Crippen LogP contribution in [-0.4, -0.2) is 6.61 Å². The van der Waals surface area contributed by atoms with E-state index in [9.17, 15) is 4.39 Å². The van der Waals surface area contributed by atoms with E-state index in [4.69, 9.17) is 5.90 Å². The van der Waals surface area contributed by atoms with E-state index in [1.54, 1.807) is 6.07 Å².